The van der Waals surface area contributed by atoms with Crippen LogP contribution in [-0.2, 0) is 11.2 Å². The van der Waals surface area contributed by atoms with Crippen molar-refractivity contribution in [3.63, 3.8) is 0 Å². The number of phenolic OH excluding ortho intramolecular Hbond substituents is 1. The topological polar surface area (TPSA) is 37.3 Å². The third-order valence-corrected chi connectivity index (χ3v) is 2.67. The predicted octanol–water partition coefficient (Wildman–Crippen LogP) is 3.19. The van der Waals surface area contributed by atoms with E-state index in [9.17, 15) is 9.90 Å². The number of hydrogen-bond acceptors (Lipinski definition) is 2. The van der Waals surface area contributed by atoms with Gasteiger partial charge >= 0.3 is 0 Å². The summed E-state index contributed by atoms with van der Waals surface area (Å²) >= 11 is 0. The van der Waals surface area contributed by atoms with Crippen LogP contribution >= 0.6 is 0 Å². The normalized spacial score (nSPS) is 12.2. The molecule has 0 heterocycles. The smallest absolute Gasteiger partial charge is 0.132 e. The van der Waals surface area contributed by atoms with Crippen LogP contribution in [0.3, 0.4) is 0 Å². The Morgan fingerprint density at radius 2 is 2.12 bits per heavy atom. The van der Waals surface area contributed by atoms with Crippen molar-refractivity contribution in [2.24, 2.45) is 5.92 Å². The molecule has 1 atom stereocenters. The zero-order valence-corrected chi connectivity index (χ0v) is 15.3. The molecule has 0 saturated carbocycles. The van der Waals surface area contributed by atoms with E-state index in [1.165, 1.54) is 0 Å². The van der Waals surface area contributed by atoms with E-state index in [0.717, 1.165) is 17.5 Å². The molecule has 0 bridgehead atoms. The van der Waals surface area contributed by atoms with Crippen molar-refractivity contribution < 1.29 is 54.0 Å². The number of benzene rings is 1. The second kappa shape index (κ2) is 8.06. The first-order valence-electron chi connectivity index (χ1n) is 5.49. The zero-order chi connectivity index (χ0) is 12.1. The molecule has 0 fully saturated rings. The van der Waals surface area contributed by atoms with E-state index in [1.807, 2.05) is 38.1 Å². The first kappa shape index (κ1) is 16.9. The number of aromatic hydroxyl groups is 1. The molecule has 1 rings (SSSR count). The Morgan fingerprint density at radius 1 is 1.47 bits per heavy atom. The van der Waals surface area contributed by atoms with E-state index in [-0.39, 0.29) is 61.5 Å². The second-order valence-corrected chi connectivity index (χ2v) is 4.11. The number of rotatable bonds is 4. The molecule has 0 spiro atoms. The van der Waals surface area contributed by atoms with E-state index < -0.39 is 0 Å². The summed E-state index contributed by atoms with van der Waals surface area (Å²) in [5.74, 6) is 0.501. The van der Waals surface area contributed by atoms with Crippen molar-refractivity contribution in [2.45, 2.75) is 27.2 Å². The van der Waals surface area contributed by atoms with Gasteiger partial charge in [-0.3, -0.25) is 4.79 Å². The third kappa shape index (κ3) is 5.36. The van der Waals surface area contributed by atoms with Gasteiger partial charge in [0.15, 0.2) is 0 Å². The minimum Gasteiger partial charge on any atom is -0.507 e. The minimum atomic E-state index is 0. The maximum atomic E-state index is 11.2. The molecule has 0 saturated heterocycles. The Labute approximate surface area is 139 Å². The van der Waals surface area contributed by atoms with Gasteiger partial charge in [-0.05, 0) is 38.0 Å². The van der Waals surface area contributed by atoms with Crippen LogP contribution in [0.2, 0.25) is 0 Å². The third-order valence-electron chi connectivity index (χ3n) is 2.67. The molecule has 0 unspecified atom stereocenters. The number of phenols is 1. The summed E-state index contributed by atoms with van der Waals surface area (Å²) in [4.78, 5) is 11.2. The van der Waals surface area contributed by atoms with E-state index in [0.29, 0.717) is 0 Å². The van der Waals surface area contributed by atoms with Crippen LogP contribution in [0.15, 0.2) is 24.3 Å². The number of hydrogen-bond donors (Lipinski definition) is 1. The Hall–Kier alpha value is -0.128. The Bertz CT molecular complexity index is 411. The fraction of sp³-hybridized carbons (Fsp3) is 0.357. The van der Waals surface area contributed by atoms with Gasteiger partial charge in [0.2, 0.25) is 0 Å². The molecule has 0 aromatic heterocycles. The van der Waals surface area contributed by atoms with Crippen LogP contribution in [0.25, 0.3) is 6.08 Å². The monoisotopic (exact) mass is 445 g/mol. The number of carbonyl (C=O) groups excluding carboxylic acids is 1. The van der Waals surface area contributed by atoms with Crippen molar-refractivity contribution in [3.8, 4) is 5.75 Å². The van der Waals surface area contributed by atoms with Gasteiger partial charge in [0.25, 0.3) is 0 Å². The van der Waals surface area contributed by atoms with Gasteiger partial charge in [0.05, 0.1) is 0 Å². The fourth-order valence-corrected chi connectivity index (χ4v) is 1.54. The van der Waals surface area contributed by atoms with Gasteiger partial charge in [-0.2, -0.15) is 0 Å². The quantitative estimate of drug-likeness (QED) is 0.773. The number of allylic oxidation sites excluding steroid dienone is 1. The van der Waals surface area contributed by atoms with Crippen LogP contribution in [-0.4, -0.2) is 10.9 Å². The summed E-state index contributed by atoms with van der Waals surface area (Å²) in [6.07, 6.45) is 4.46. The first-order valence-corrected chi connectivity index (χ1v) is 5.49. The standard InChI is InChI=1S/C14H18O2.Ac/c1-4-5-13-9-12(6-7-14(13)16)8-10(2)11(3)15;/h4-7,9-10,16H,8H2,1-3H3;/b5-4+;/t10-;/m0./s1. The minimum absolute atomic E-state index is 0. The van der Waals surface area contributed by atoms with Crippen molar-refractivity contribution in [2.75, 3.05) is 0 Å². The summed E-state index contributed by atoms with van der Waals surface area (Å²) in [5, 5.41) is 9.59. The molecule has 0 aliphatic heterocycles. The van der Waals surface area contributed by atoms with Gasteiger partial charge in [0, 0.05) is 55.5 Å². The average molecular weight is 445 g/mol. The summed E-state index contributed by atoms with van der Waals surface area (Å²) in [7, 11) is 0. The molecule has 0 aliphatic carbocycles. The second-order valence-electron chi connectivity index (χ2n) is 4.11. The van der Waals surface area contributed by atoms with Gasteiger partial charge in [-0.25, -0.2) is 0 Å². The summed E-state index contributed by atoms with van der Waals surface area (Å²) in [5.41, 5.74) is 1.88. The van der Waals surface area contributed by atoms with Crippen molar-refractivity contribution in [3.05, 3.63) is 35.4 Å². The molecule has 0 amide bonds. The zero-order valence-electron chi connectivity index (χ0n) is 10.6. The molecule has 89 valence electrons. The Balaban J connectivity index is 0.00000256. The van der Waals surface area contributed by atoms with Gasteiger partial charge in [-0.15, -0.1) is 0 Å². The van der Waals surface area contributed by atoms with E-state index in [2.05, 4.69) is 0 Å². The maximum Gasteiger partial charge on any atom is 0.132 e. The average Bonchev–Trinajstić information content (AvgIpc) is 2.23. The van der Waals surface area contributed by atoms with Crippen molar-refractivity contribution in [1.82, 2.24) is 0 Å². The van der Waals surface area contributed by atoms with Crippen LogP contribution in [0, 0.1) is 50.0 Å². The molecule has 1 N–H and O–H groups in total. The largest absolute Gasteiger partial charge is 0.507 e. The summed E-state index contributed by atoms with van der Waals surface area (Å²) in [6, 6.07) is 5.47. The Morgan fingerprint density at radius 3 is 2.65 bits per heavy atom. The van der Waals surface area contributed by atoms with Gasteiger partial charge in [-0.1, -0.05) is 25.1 Å². The number of Topliss-reactive ketones (excluding diaryl/α,β-unsaturated/α-hetero) is 1. The molecule has 1 radical (unpaired) electrons. The first-order chi connectivity index (χ1) is 7.54. The van der Waals surface area contributed by atoms with Crippen molar-refractivity contribution in [1.29, 1.82) is 0 Å². The maximum absolute atomic E-state index is 11.2. The number of ketones is 1. The Kier molecular flexibility index (Phi) is 8.00. The predicted molar refractivity (Wildman–Crippen MR) is 66.4 cm³/mol. The van der Waals surface area contributed by atoms with E-state index in [4.69, 9.17) is 0 Å². The van der Waals surface area contributed by atoms with E-state index in [1.54, 1.807) is 13.0 Å². The van der Waals surface area contributed by atoms with Gasteiger partial charge < -0.3 is 5.11 Å². The number of carbonyl (C=O) groups is 1. The summed E-state index contributed by atoms with van der Waals surface area (Å²) in [6.45, 7) is 5.44. The van der Waals surface area contributed by atoms with Crippen LogP contribution < -0.4 is 0 Å². The molecule has 1 aromatic rings. The van der Waals surface area contributed by atoms with Crippen LogP contribution in [0.1, 0.15) is 31.9 Å². The molecule has 1 aromatic carbocycles. The SMILES string of the molecule is C/C=C/c1cc(C[C@H](C)C(C)=O)ccc1O.[Ac]. The van der Waals surface area contributed by atoms with Crippen LogP contribution in [0.5, 0.6) is 5.75 Å². The molecule has 2 nitrogen and oxygen atoms in total. The molecular formula is C14H18AcO2. The van der Waals surface area contributed by atoms with Gasteiger partial charge in [0.1, 0.15) is 11.5 Å². The summed E-state index contributed by atoms with van der Waals surface area (Å²) < 4.78 is 0. The molecule has 17 heavy (non-hydrogen) atoms. The van der Waals surface area contributed by atoms with Crippen LogP contribution in [0.4, 0.5) is 0 Å². The molecular weight excluding hydrogens is 427 g/mol. The molecule has 0 aliphatic rings. The van der Waals surface area contributed by atoms with Crippen molar-refractivity contribution >= 4 is 11.9 Å². The molecule has 3 heteroatoms. The van der Waals surface area contributed by atoms with E-state index >= 15 is 0 Å². The fourth-order valence-electron chi connectivity index (χ4n) is 1.54.